The van der Waals surface area contributed by atoms with Gasteiger partial charge in [-0.1, -0.05) is 18.2 Å². The second-order valence-electron chi connectivity index (χ2n) is 4.11. The van der Waals surface area contributed by atoms with Crippen LogP contribution in [0.15, 0.2) is 42.6 Å². The summed E-state index contributed by atoms with van der Waals surface area (Å²) in [5, 5.41) is 12.9. The van der Waals surface area contributed by atoms with Crippen LogP contribution in [0.4, 0.5) is 0 Å². The minimum Gasteiger partial charge on any atom is -0.478 e. The molecule has 1 aromatic heterocycles. The van der Waals surface area contributed by atoms with Gasteiger partial charge in [0, 0.05) is 17.8 Å². The number of para-hydroxylation sites is 1. The van der Waals surface area contributed by atoms with Crippen molar-refractivity contribution in [2.24, 2.45) is 0 Å². The van der Waals surface area contributed by atoms with Gasteiger partial charge in [0.25, 0.3) is 0 Å². The van der Waals surface area contributed by atoms with E-state index in [2.05, 4.69) is 5.10 Å². The van der Waals surface area contributed by atoms with E-state index in [0.29, 0.717) is 5.56 Å². The summed E-state index contributed by atoms with van der Waals surface area (Å²) in [5.74, 6) is -1.69. The highest BCUT2D eigenvalue weighted by molar-refractivity contribution is 5.93. The maximum Gasteiger partial charge on any atom is 0.359 e. The molecule has 108 valence electrons. The minimum atomic E-state index is -1.10. The molecule has 1 N–H and O–H groups in total. The molecule has 1 aromatic carbocycles. The fraction of sp³-hybridized carbons (Fsp3) is 0.133. The number of carboxylic acid groups (broad SMARTS) is 1. The molecule has 0 radical (unpaired) electrons. The van der Waals surface area contributed by atoms with Gasteiger partial charge in [0.15, 0.2) is 5.69 Å². The number of hydrogen-bond donors (Lipinski definition) is 1. The average molecular weight is 286 g/mol. The Morgan fingerprint density at radius 3 is 2.67 bits per heavy atom. The van der Waals surface area contributed by atoms with E-state index >= 15 is 0 Å². The van der Waals surface area contributed by atoms with Crippen molar-refractivity contribution in [2.45, 2.75) is 6.92 Å². The molecule has 0 unspecified atom stereocenters. The van der Waals surface area contributed by atoms with Crippen molar-refractivity contribution in [3.8, 4) is 5.69 Å². The van der Waals surface area contributed by atoms with E-state index in [9.17, 15) is 9.59 Å². The number of aromatic nitrogens is 2. The quantitative estimate of drug-likeness (QED) is 0.672. The number of benzene rings is 1. The summed E-state index contributed by atoms with van der Waals surface area (Å²) >= 11 is 0. The maximum atomic E-state index is 11.9. The summed E-state index contributed by atoms with van der Waals surface area (Å²) in [4.78, 5) is 22.5. The highest BCUT2D eigenvalue weighted by Gasteiger charge is 2.17. The van der Waals surface area contributed by atoms with Gasteiger partial charge in [-0.05, 0) is 25.1 Å². The van der Waals surface area contributed by atoms with Gasteiger partial charge in [0.2, 0.25) is 0 Å². The molecule has 0 saturated carbocycles. The molecule has 0 spiro atoms. The van der Waals surface area contributed by atoms with E-state index in [0.717, 1.165) is 11.8 Å². The van der Waals surface area contributed by atoms with Crippen molar-refractivity contribution in [1.29, 1.82) is 0 Å². The lowest BCUT2D eigenvalue weighted by molar-refractivity contribution is -0.131. The van der Waals surface area contributed by atoms with Crippen LogP contribution >= 0.6 is 0 Å². The van der Waals surface area contributed by atoms with E-state index in [-0.39, 0.29) is 12.3 Å². The van der Waals surface area contributed by atoms with Crippen molar-refractivity contribution in [3.63, 3.8) is 0 Å². The smallest absolute Gasteiger partial charge is 0.359 e. The van der Waals surface area contributed by atoms with Gasteiger partial charge in [0.1, 0.15) is 0 Å². The second-order valence-corrected chi connectivity index (χ2v) is 4.11. The SMILES string of the molecule is CCOC(=O)c1nn(-c2ccccc2)cc1/C=C/C(=O)O. The van der Waals surface area contributed by atoms with Crippen LogP contribution in [0.3, 0.4) is 0 Å². The topological polar surface area (TPSA) is 81.4 Å². The predicted octanol–water partition coefficient (Wildman–Crippen LogP) is 2.15. The molecule has 2 aromatic rings. The second kappa shape index (κ2) is 6.51. The van der Waals surface area contributed by atoms with E-state index in [4.69, 9.17) is 9.84 Å². The third-order valence-corrected chi connectivity index (χ3v) is 2.64. The summed E-state index contributed by atoms with van der Waals surface area (Å²) in [6.45, 7) is 1.91. The number of nitrogens with zero attached hydrogens (tertiary/aromatic N) is 2. The summed E-state index contributed by atoms with van der Waals surface area (Å²) in [6, 6.07) is 9.20. The van der Waals surface area contributed by atoms with Gasteiger partial charge in [-0.15, -0.1) is 0 Å². The highest BCUT2D eigenvalue weighted by Crippen LogP contribution is 2.15. The van der Waals surface area contributed by atoms with Gasteiger partial charge in [-0.2, -0.15) is 5.10 Å². The fourth-order valence-corrected chi connectivity index (χ4v) is 1.74. The van der Waals surface area contributed by atoms with Crippen LogP contribution < -0.4 is 0 Å². The molecule has 0 bridgehead atoms. The van der Waals surface area contributed by atoms with Crippen molar-refractivity contribution in [3.05, 3.63) is 53.9 Å². The van der Waals surface area contributed by atoms with E-state index in [1.54, 1.807) is 13.1 Å². The Labute approximate surface area is 121 Å². The minimum absolute atomic E-state index is 0.0817. The number of ether oxygens (including phenoxy) is 1. The Morgan fingerprint density at radius 2 is 2.05 bits per heavy atom. The average Bonchev–Trinajstić information content (AvgIpc) is 2.90. The summed E-state index contributed by atoms with van der Waals surface area (Å²) in [7, 11) is 0. The number of rotatable bonds is 5. The van der Waals surface area contributed by atoms with Crippen molar-refractivity contribution < 1.29 is 19.4 Å². The molecule has 0 amide bonds. The number of hydrogen-bond acceptors (Lipinski definition) is 4. The van der Waals surface area contributed by atoms with Crippen LogP contribution in [0, 0.1) is 0 Å². The summed E-state index contributed by atoms with van der Waals surface area (Å²) in [6.07, 6.45) is 3.86. The van der Waals surface area contributed by atoms with Crippen LogP contribution in [-0.4, -0.2) is 33.4 Å². The van der Waals surface area contributed by atoms with E-state index < -0.39 is 11.9 Å². The lowest BCUT2D eigenvalue weighted by atomic mass is 10.2. The number of carbonyl (C=O) groups excluding carboxylic acids is 1. The Hall–Kier alpha value is -2.89. The lowest BCUT2D eigenvalue weighted by Crippen LogP contribution is -2.07. The zero-order chi connectivity index (χ0) is 15.2. The van der Waals surface area contributed by atoms with Gasteiger partial charge in [-0.3, -0.25) is 0 Å². The molecule has 6 nitrogen and oxygen atoms in total. The standard InChI is InChI=1S/C15H14N2O4/c1-2-21-15(20)14-11(8-9-13(18)19)10-17(16-14)12-6-4-3-5-7-12/h3-10H,2H2,1H3,(H,18,19)/b9-8+. The highest BCUT2D eigenvalue weighted by atomic mass is 16.5. The zero-order valence-corrected chi connectivity index (χ0v) is 11.4. The van der Waals surface area contributed by atoms with Crippen LogP contribution in [-0.2, 0) is 9.53 Å². The van der Waals surface area contributed by atoms with Crippen molar-refractivity contribution in [2.75, 3.05) is 6.61 Å². The molecule has 0 aliphatic rings. The molecule has 0 aliphatic carbocycles. The van der Waals surface area contributed by atoms with Gasteiger partial charge < -0.3 is 9.84 Å². The first kappa shape index (κ1) is 14.5. The van der Waals surface area contributed by atoms with Crippen LogP contribution in [0.5, 0.6) is 0 Å². The Kier molecular flexibility index (Phi) is 4.50. The molecule has 0 fully saturated rings. The first-order valence-corrected chi connectivity index (χ1v) is 6.35. The summed E-state index contributed by atoms with van der Waals surface area (Å²) in [5.41, 5.74) is 1.23. The molecular formula is C15H14N2O4. The number of carboxylic acids is 1. The lowest BCUT2D eigenvalue weighted by Gasteiger charge is -2.00. The Morgan fingerprint density at radius 1 is 1.33 bits per heavy atom. The first-order valence-electron chi connectivity index (χ1n) is 6.35. The van der Waals surface area contributed by atoms with Gasteiger partial charge in [0.05, 0.1) is 12.3 Å². The third kappa shape index (κ3) is 3.56. The van der Waals surface area contributed by atoms with E-state index in [1.165, 1.54) is 10.8 Å². The molecule has 0 saturated heterocycles. The normalized spacial score (nSPS) is 10.7. The van der Waals surface area contributed by atoms with Gasteiger partial charge >= 0.3 is 11.9 Å². The monoisotopic (exact) mass is 286 g/mol. The largest absolute Gasteiger partial charge is 0.478 e. The van der Waals surface area contributed by atoms with Crippen LogP contribution in [0.2, 0.25) is 0 Å². The molecule has 2 rings (SSSR count). The van der Waals surface area contributed by atoms with Crippen LogP contribution in [0.1, 0.15) is 23.0 Å². The Balaban J connectivity index is 2.44. The third-order valence-electron chi connectivity index (χ3n) is 2.64. The predicted molar refractivity (Wildman–Crippen MR) is 76.2 cm³/mol. The molecule has 0 aliphatic heterocycles. The van der Waals surface area contributed by atoms with Crippen molar-refractivity contribution in [1.82, 2.24) is 9.78 Å². The van der Waals surface area contributed by atoms with Gasteiger partial charge in [-0.25, -0.2) is 14.3 Å². The van der Waals surface area contributed by atoms with Crippen LogP contribution in [0.25, 0.3) is 11.8 Å². The molecule has 21 heavy (non-hydrogen) atoms. The number of esters is 1. The number of carbonyl (C=O) groups is 2. The number of aliphatic carboxylic acids is 1. The summed E-state index contributed by atoms with van der Waals surface area (Å²) < 4.78 is 6.44. The molecule has 6 heteroatoms. The fourth-order valence-electron chi connectivity index (χ4n) is 1.74. The first-order chi connectivity index (χ1) is 10.1. The van der Waals surface area contributed by atoms with Crippen molar-refractivity contribution >= 4 is 18.0 Å². The zero-order valence-electron chi connectivity index (χ0n) is 11.4. The maximum absolute atomic E-state index is 11.9. The Bertz CT molecular complexity index is 674. The molecular weight excluding hydrogens is 272 g/mol. The molecule has 1 heterocycles. The molecule has 0 atom stereocenters. The van der Waals surface area contributed by atoms with E-state index in [1.807, 2.05) is 30.3 Å².